The van der Waals surface area contributed by atoms with E-state index in [1.54, 1.807) is 19.1 Å². The summed E-state index contributed by atoms with van der Waals surface area (Å²) in [5, 5.41) is 23.8. The molecule has 0 aliphatic heterocycles. The number of carbonyl (C=O) groups excluding carboxylic acids is 3. The van der Waals surface area contributed by atoms with Crippen LogP contribution in [0.4, 0.5) is 0 Å². The van der Waals surface area contributed by atoms with Crippen LogP contribution in [0.2, 0.25) is 0 Å². The lowest BCUT2D eigenvalue weighted by atomic mass is 10.1. The molecule has 1 N–H and O–H groups in total. The van der Waals surface area contributed by atoms with Gasteiger partial charge in [-0.3, -0.25) is 4.79 Å². The van der Waals surface area contributed by atoms with E-state index < -0.39 is 42.5 Å². The van der Waals surface area contributed by atoms with Crippen LogP contribution in [-0.2, 0) is 14.4 Å². The molecule has 1 aromatic carbocycles. The predicted octanol–water partition coefficient (Wildman–Crippen LogP) is -2.15. The molecule has 2 aromatic rings. The van der Waals surface area contributed by atoms with Crippen molar-refractivity contribution in [2.45, 2.75) is 19.4 Å². The highest BCUT2D eigenvalue weighted by Gasteiger charge is 2.14. The van der Waals surface area contributed by atoms with Crippen molar-refractivity contribution >= 4 is 28.8 Å². The Hall–Kier alpha value is -3.36. The fourth-order valence-electron chi connectivity index (χ4n) is 2.14. The normalized spacial score (nSPS) is 11.7. The molecule has 1 aromatic heterocycles. The SMILES string of the molecule is Cc1cc(=O)oc2cc(OCC(=O)N[C@@H](CC(=O)[O-])C(=O)[O-])ccc12. The molecule has 0 fully saturated rings. The summed E-state index contributed by atoms with van der Waals surface area (Å²) in [5.74, 6) is -4.04. The number of nitrogens with one attached hydrogen (secondary N) is 1. The molecule has 25 heavy (non-hydrogen) atoms. The molecule has 0 spiro atoms. The maximum atomic E-state index is 11.7. The van der Waals surface area contributed by atoms with E-state index in [-0.39, 0.29) is 11.3 Å². The number of hydrogen-bond acceptors (Lipinski definition) is 8. The first-order chi connectivity index (χ1) is 11.8. The first kappa shape index (κ1) is 18.0. The van der Waals surface area contributed by atoms with Gasteiger partial charge in [-0.05, 0) is 24.6 Å². The minimum absolute atomic E-state index is 0.210. The van der Waals surface area contributed by atoms with E-state index in [0.717, 1.165) is 5.56 Å². The molecule has 0 saturated heterocycles. The Balaban J connectivity index is 2.04. The van der Waals surface area contributed by atoms with Crippen LogP contribution in [-0.4, -0.2) is 30.5 Å². The minimum Gasteiger partial charge on any atom is -0.550 e. The molecule has 9 nitrogen and oxygen atoms in total. The number of fused-ring (bicyclic) bond motifs is 1. The smallest absolute Gasteiger partial charge is 0.336 e. The summed E-state index contributed by atoms with van der Waals surface area (Å²) in [6.45, 7) is 1.17. The molecular formula is C16H13NO8-2. The molecule has 1 atom stereocenters. The van der Waals surface area contributed by atoms with Gasteiger partial charge in [0.25, 0.3) is 5.91 Å². The average Bonchev–Trinajstić information content (AvgIpc) is 2.51. The third-order valence-electron chi connectivity index (χ3n) is 3.28. The zero-order valence-electron chi connectivity index (χ0n) is 13.1. The number of carbonyl (C=O) groups is 3. The Kier molecular flexibility index (Phi) is 5.38. The van der Waals surface area contributed by atoms with Crippen molar-refractivity contribution in [3.63, 3.8) is 0 Å². The van der Waals surface area contributed by atoms with Crippen molar-refractivity contribution in [1.82, 2.24) is 5.32 Å². The van der Waals surface area contributed by atoms with Crippen molar-refractivity contribution in [2.75, 3.05) is 6.61 Å². The number of carboxylic acids is 2. The van der Waals surface area contributed by atoms with Gasteiger partial charge >= 0.3 is 5.63 Å². The Morgan fingerprint density at radius 1 is 1.24 bits per heavy atom. The minimum atomic E-state index is -1.75. The van der Waals surface area contributed by atoms with Crippen LogP contribution >= 0.6 is 0 Å². The number of aryl methyl sites for hydroxylation is 1. The summed E-state index contributed by atoms with van der Waals surface area (Å²) in [7, 11) is 0. The molecule has 0 aliphatic carbocycles. The second-order valence-electron chi connectivity index (χ2n) is 5.21. The Morgan fingerprint density at radius 2 is 1.96 bits per heavy atom. The van der Waals surface area contributed by atoms with Gasteiger partial charge in [0, 0.05) is 29.9 Å². The number of carboxylic acid groups (broad SMARTS) is 2. The number of hydrogen-bond donors (Lipinski definition) is 1. The van der Waals surface area contributed by atoms with Gasteiger partial charge < -0.3 is 34.3 Å². The third kappa shape index (κ3) is 4.80. The van der Waals surface area contributed by atoms with E-state index in [1.165, 1.54) is 12.1 Å². The van der Waals surface area contributed by atoms with Gasteiger partial charge in [0.05, 0.1) is 12.0 Å². The van der Waals surface area contributed by atoms with E-state index in [9.17, 15) is 29.4 Å². The molecule has 1 heterocycles. The number of ether oxygens (including phenoxy) is 1. The molecule has 9 heteroatoms. The number of amides is 1. The van der Waals surface area contributed by atoms with Crippen LogP contribution in [0.15, 0.2) is 33.5 Å². The van der Waals surface area contributed by atoms with Crippen LogP contribution in [0, 0.1) is 6.92 Å². The lowest BCUT2D eigenvalue weighted by molar-refractivity contribution is -0.317. The van der Waals surface area contributed by atoms with Crippen molar-refractivity contribution in [2.24, 2.45) is 0 Å². The fourth-order valence-corrected chi connectivity index (χ4v) is 2.14. The van der Waals surface area contributed by atoms with Gasteiger partial charge in [-0.15, -0.1) is 0 Å². The van der Waals surface area contributed by atoms with E-state index in [0.29, 0.717) is 5.39 Å². The Morgan fingerprint density at radius 3 is 2.60 bits per heavy atom. The van der Waals surface area contributed by atoms with Crippen molar-refractivity contribution in [1.29, 1.82) is 0 Å². The zero-order valence-corrected chi connectivity index (χ0v) is 13.1. The summed E-state index contributed by atoms with van der Waals surface area (Å²) in [6, 6.07) is 4.21. The van der Waals surface area contributed by atoms with E-state index in [1.807, 2.05) is 5.32 Å². The quantitative estimate of drug-likeness (QED) is 0.557. The van der Waals surface area contributed by atoms with Crippen LogP contribution in [0.1, 0.15) is 12.0 Å². The summed E-state index contributed by atoms with van der Waals surface area (Å²) < 4.78 is 10.2. The van der Waals surface area contributed by atoms with Gasteiger partial charge in [0.2, 0.25) is 0 Å². The molecule has 0 saturated carbocycles. The van der Waals surface area contributed by atoms with Gasteiger partial charge in [-0.2, -0.15) is 0 Å². The summed E-state index contributed by atoms with van der Waals surface area (Å²) in [6.07, 6.45) is -0.922. The van der Waals surface area contributed by atoms with Crippen molar-refractivity contribution < 1.29 is 33.8 Å². The average molecular weight is 347 g/mol. The highest BCUT2D eigenvalue weighted by atomic mass is 16.5. The first-order valence-corrected chi connectivity index (χ1v) is 7.13. The standard InChI is InChI=1S/C16H15NO8/c1-8-4-15(21)25-12-5-9(2-3-10(8)12)24-7-13(18)17-11(16(22)23)6-14(19)20/h2-5,11H,6-7H2,1H3,(H,17,18)(H,19,20)(H,22,23)/p-2/t11-/m0/s1. The van der Waals surface area contributed by atoms with Gasteiger partial charge in [-0.1, -0.05) is 0 Å². The highest BCUT2D eigenvalue weighted by molar-refractivity contribution is 5.86. The summed E-state index contributed by atoms with van der Waals surface area (Å²) >= 11 is 0. The molecular weight excluding hydrogens is 334 g/mol. The van der Waals surface area contributed by atoms with E-state index in [4.69, 9.17) is 9.15 Å². The molecule has 2 rings (SSSR count). The van der Waals surface area contributed by atoms with Crippen LogP contribution < -0.4 is 25.9 Å². The van der Waals surface area contributed by atoms with Gasteiger partial charge in [0.1, 0.15) is 11.3 Å². The molecule has 0 bridgehead atoms. The summed E-state index contributed by atoms with van der Waals surface area (Å²) in [4.78, 5) is 44.2. The largest absolute Gasteiger partial charge is 0.550 e. The topological polar surface area (TPSA) is 149 Å². The van der Waals surface area contributed by atoms with Crippen LogP contribution in [0.3, 0.4) is 0 Å². The second-order valence-corrected chi connectivity index (χ2v) is 5.21. The predicted molar refractivity (Wildman–Crippen MR) is 79.3 cm³/mol. The van der Waals surface area contributed by atoms with Crippen LogP contribution in [0.5, 0.6) is 5.75 Å². The lowest BCUT2D eigenvalue weighted by Crippen LogP contribution is -2.51. The fraction of sp³-hybridized carbons (Fsp3) is 0.250. The highest BCUT2D eigenvalue weighted by Crippen LogP contribution is 2.22. The van der Waals surface area contributed by atoms with Crippen molar-refractivity contribution in [3.05, 3.63) is 40.2 Å². The van der Waals surface area contributed by atoms with E-state index >= 15 is 0 Å². The first-order valence-electron chi connectivity index (χ1n) is 7.13. The Labute approximate surface area is 140 Å². The van der Waals surface area contributed by atoms with Gasteiger partial charge in [-0.25, -0.2) is 4.79 Å². The molecule has 132 valence electrons. The third-order valence-corrected chi connectivity index (χ3v) is 3.28. The molecule has 1 amide bonds. The molecule has 0 aliphatic rings. The van der Waals surface area contributed by atoms with Crippen LogP contribution in [0.25, 0.3) is 11.0 Å². The Bertz CT molecular complexity index is 885. The lowest BCUT2D eigenvalue weighted by Gasteiger charge is -2.20. The number of aliphatic carboxylic acids is 2. The summed E-state index contributed by atoms with van der Waals surface area (Å²) in [5.41, 5.74) is 0.459. The molecule has 0 radical (unpaired) electrons. The number of benzene rings is 1. The second kappa shape index (κ2) is 7.47. The maximum Gasteiger partial charge on any atom is 0.336 e. The monoisotopic (exact) mass is 347 g/mol. The molecule has 0 unspecified atom stereocenters. The van der Waals surface area contributed by atoms with Gasteiger partial charge in [0.15, 0.2) is 6.61 Å². The van der Waals surface area contributed by atoms with Crippen molar-refractivity contribution in [3.8, 4) is 5.75 Å². The number of rotatable bonds is 7. The maximum absolute atomic E-state index is 11.7. The van der Waals surface area contributed by atoms with E-state index in [2.05, 4.69) is 0 Å². The zero-order chi connectivity index (χ0) is 18.6.